The molecule has 15 heavy (non-hydrogen) atoms. The Bertz CT molecular complexity index is 225. The molecule has 0 radical (unpaired) electrons. The van der Waals surface area contributed by atoms with E-state index in [9.17, 15) is 4.79 Å². The zero-order chi connectivity index (χ0) is 11.1. The van der Waals surface area contributed by atoms with Crippen LogP contribution in [0.4, 0.5) is 0 Å². The van der Waals surface area contributed by atoms with Crippen molar-refractivity contribution in [3.05, 3.63) is 12.7 Å². The lowest BCUT2D eigenvalue weighted by Gasteiger charge is -2.22. The van der Waals surface area contributed by atoms with E-state index in [4.69, 9.17) is 0 Å². The van der Waals surface area contributed by atoms with Crippen molar-refractivity contribution in [1.29, 1.82) is 0 Å². The lowest BCUT2D eigenvalue weighted by molar-refractivity contribution is -0.120. The predicted octanol–water partition coefficient (Wildman–Crippen LogP) is 1.16. The minimum atomic E-state index is 0.0746. The SMILES string of the molecule is C=CCNCC(=O)NCC1(C)CCCS1. The summed E-state index contributed by atoms with van der Waals surface area (Å²) in [6, 6.07) is 0. The third kappa shape index (κ3) is 4.71. The van der Waals surface area contributed by atoms with Gasteiger partial charge in [-0.05, 0) is 25.5 Å². The molecule has 1 rings (SSSR count). The second kappa shape index (κ2) is 6.18. The molecule has 1 aliphatic rings. The topological polar surface area (TPSA) is 41.1 Å². The van der Waals surface area contributed by atoms with Gasteiger partial charge in [0.1, 0.15) is 0 Å². The van der Waals surface area contributed by atoms with E-state index in [1.54, 1.807) is 6.08 Å². The van der Waals surface area contributed by atoms with Crippen molar-refractivity contribution in [1.82, 2.24) is 10.6 Å². The van der Waals surface area contributed by atoms with Gasteiger partial charge in [0, 0.05) is 17.8 Å². The van der Waals surface area contributed by atoms with Crippen LogP contribution in [0.2, 0.25) is 0 Å². The third-order valence-corrected chi connectivity index (χ3v) is 4.07. The van der Waals surface area contributed by atoms with Gasteiger partial charge in [0.2, 0.25) is 5.91 Å². The summed E-state index contributed by atoms with van der Waals surface area (Å²) in [7, 11) is 0. The van der Waals surface area contributed by atoms with Crippen LogP contribution in [0.5, 0.6) is 0 Å². The second-order valence-corrected chi connectivity index (χ2v) is 5.78. The van der Waals surface area contributed by atoms with Gasteiger partial charge in [0.25, 0.3) is 0 Å². The molecule has 1 aliphatic heterocycles. The molecule has 1 atom stereocenters. The molecule has 0 aromatic heterocycles. The van der Waals surface area contributed by atoms with E-state index in [0.29, 0.717) is 13.1 Å². The Hall–Kier alpha value is -0.480. The van der Waals surface area contributed by atoms with Gasteiger partial charge in [-0.2, -0.15) is 11.8 Å². The van der Waals surface area contributed by atoms with E-state index in [0.717, 1.165) is 6.54 Å². The van der Waals surface area contributed by atoms with Crippen LogP contribution >= 0.6 is 11.8 Å². The Kier molecular flexibility index (Phi) is 5.19. The van der Waals surface area contributed by atoms with Crippen LogP contribution in [0, 0.1) is 0 Å². The monoisotopic (exact) mass is 228 g/mol. The Morgan fingerprint density at radius 2 is 2.47 bits per heavy atom. The average Bonchev–Trinajstić information content (AvgIpc) is 2.64. The molecule has 0 aromatic rings. The van der Waals surface area contributed by atoms with Crippen LogP contribution < -0.4 is 10.6 Å². The van der Waals surface area contributed by atoms with E-state index >= 15 is 0 Å². The zero-order valence-corrected chi connectivity index (χ0v) is 10.2. The fourth-order valence-electron chi connectivity index (χ4n) is 1.61. The normalized spacial score (nSPS) is 25.1. The number of hydrogen-bond donors (Lipinski definition) is 2. The number of carbonyl (C=O) groups is 1. The van der Waals surface area contributed by atoms with Crippen LogP contribution in [0.15, 0.2) is 12.7 Å². The molecule has 1 unspecified atom stereocenters. The minimum absolute atomic E-state index is 0.0746. The quantitative estimate of drug-likeness (QED) is 0.529. The highest BCUT2D eigenvalue weighted by Gasteiger charge is 2.29. The number of amides is 1. The smallest absolute Gasteiger partial charge is 0.234 e. The summed E-state index contributed by atoms with van der Waals surface area (Å²) in [6.45, 7) is 7.65. The summed E-state index contributed by atoms with van der Waals surface area (Å²) in [4.78, 5) is 11.4. The Morgan fingerprint density at radius 1 is 1.67 bits per heavy atom. The molecule has 1 heterocycles. The van der Waals surface area contributed by atoms with Crippen LogP contribution in [0.1, 0.15) is 19.8 Å². The maximum absolute atomic E-state index is 11.4. The van der Waals surface area contributed by atoms with Crippen molar-refractivity contribution in [2.45, 2.75) is 24.5 Å². The molecule has 0 aromatic carbocycles. The minimum Gasteiger partial charge on any atom is -0.354 e. The number of rotatable bonds is 6. The Morgan fingerprint density at radius 3 is 3.07 bits per heavy atom. The van der Waals surface area contributed by atoms with E-state index in [1.165, 1.54) is 18.6 Å². The maximum atomic E-state index is 11.4. The summed E-state index contributed by atoms with van der Waals surface area (Å²) in [5, 5.41) is 5.95. The largest absolute Gasteiger partial charge is 0.354 e. The molecule has 3 nitrogen and oxygen atoms in total. The Balaban J connectivity index is 2.13. The maximum Gasteiger partial charge on any atom is 0.234 e. The molecule has 2 N–H and O–H groups in total. The molecule has 4 heteroatoms. The molecule has 1 saturated heterocycles. The zero-order valence-electron chi connectivity index (χ0n) is 9.34. The van der Waals surface area contributed by atoms with Crippen molar-refractivity contribution in [2.24, 2.45) is 0 Å². The lowest BCUT2D eigenvalue weighted by Crippen LogP contribution is -2.41. The van der Waals surface area contributed by atoms with Gasteiger partial charge in [-0.1, -0.05) is 6.08 Å². The van der Waals surface area contributed by atoms with Gasteiger partial charge in [-0.15, -0.1) is 6.58 Å². The highest BCUT2D eigenvalue weighted by atomic mass is 32.2. The first-order valence-electron chi connectivity index (χ1n) is 5.38. The van der Waals surface area contributed by atoms with Gasteiger partial charge in [-0.25, -0.2) is 0 Å². The van der Waals surface area contributed by atoms with Gasteiger partial charge in [-0.3, -0.25) is 4.79 Å². The van der Waals surface area contributed by atoms with Crippen molar-refractivity contribution in [2.75, 3.05) is 25.4 Å². The van der Waals surface area contributed by atoms with Crippen molar-refractivity contribution in [3.8, 4) is 0 Å². The molecular weight excluding hydrogens is 208 g/mol. The van der Waals surface area contributed by atoms with Crippen LogP contribution in [-0.4, -0.2) is 36.0 Å². The summed E-state index contributed by atoms with van der Waals surface area (Å²) in [5.74, 6) is 1.30. The average molecular weight is 228 g/mol. The molecule has 0 saturated carbocycles. The third-order valence-electron chi connectivity index (χ3n) is 2.53. The fraction of sp³-hybridized carbons (Fsp3) is 0.727. The summed E-state index contributed by atoms with van der Waals surface area (Å²) in [5.41, 5.74) is 0. The van der Waals surface area contributed by atoms with Crippen LogP contribution in [-0.2, 0) is 4.79 Å². The predicted molar refractivity (Wildman–Crippen MR) is 66.2 cm³/mol. The number of hydrogen-bond acceptors (Lipinski definition) is 3. The molecule has 86 valence electrons. The standard InChI is InChI=1S/C11H20N2OS/c1-3-6-12-8-10(14)13-9-11(2)5-4-7-15-11/h3,12H,1,4-9H2,2H3,(H,13,14). The summed E-state index contributed by atoms with van der Waals surface area (Å²) >= 11 is 1.96. The molecule has 1 amide bonds. The molecule has 0 spiro atoms. The fourth-order valence-corrected chi connectivity index (χ4v) is 2.86. The first kappa shape index (κ1) is 12.6. The molecule has 0 bridgehead atoms. The van der Waals surface area contributed by atoms with Crippen molar-refractivity contribution >= 4 is 17.7 Å². The first-order chi connectivity index (χ1) is 7.16. The van der Waals surface area contributed by atoms with Crippen LogP contribution in [0.25, 0.3) is 0 Å². The molecule has 1 fully saturated rings. The highest BCUT2D eigenvalue weighted by molar-refractivity contribution is 8.00. The second-order valence-electron chi connectivity index (χ2n) is 4.10. The molecular formula is C11H20N2OS. The van der Waals surface area contributed by atoms with Crippen LogP contribution in [0.3, 0.4) is 0 Å². The summed E-state index contributed by atoms with van der Waals surface area (Å²) < 4.78 is 0.258. The van der Waals surface area contributed by atoms with E-state index < -0.39 is 0 Å². The highest BCUT2D eigenvalue weighted by Crippen LogP contribution is 2.36. The first-order valence-corrected chi connectivity index (χ1v) is 6.37. The lowest BCUT2D eigenvalue weighted by atomic mass is 10.1. The summed E-state index contributed by atoms with van der Waals surface area (Å²) in [6.07, 6.45) is 4.23. The molecule has 0 aliphatic carbocycles. The number of thioether (sulfide) groups is 1. The van der Waals surface area contributed by atoms with Crippen molar-refractivity contribution < 1.29 is 4.79 Å². The number of nitrogens with one attached hydrogen (secondary N) is 2. The van der Waals surface area contributed by atoms with Crippen molar-refractivity contribution in [3.63, 3.8) is 0 Å². The van der Waals surface area contributed by atoms with Gasteiger partial charge >= 0.3 is 0 Å². The van der Waals surface area contributed by atoms with E-state index in [2.05, 4.69) is 24.1 Å². The van der Waals surface area contributed by atoms with Gasteiger partial charge < -0.3 is 10.6 Å². The van der Waals surface area contributed by atoms with Gasteiger partial charge in [0.15, 0.2) is 0 Å². The van der Waals surface area contributed by atoms with E-state index in [1.807, 2.05) is 11.8 Å². The number of carbonyl (C=O) groups excluding carboxylic acids is 1. The Labute approximate surface area is 96.1 Å². The van der Waals surface area contributed by atoms with E-state index in [-0.39, 0.29) is 10.7 Å². The van der Waals surface area contributed by atoms with Gasteiger partial charge in [0.05, 0.1) is 6.54 Å².